The smallest absolute Gasteiger partial charge is 0.319 e. The molecule has 1 aromatic carbocycles. The van der Waals surface area contributed by atoms with Crippen molar-refractivity contribution in [3.63, 3.8) is 0 Å². The molecule has 104 valence electrons. The van der Waals surface area contributed by atoms with Crippen molar-refractivity contribution < 1.29 is 22.0 Å². The van der Waals surface area contributed by atoms with E-state index in [0.717, 1.165) is 0 Å². The summed E-state index contributed by atoms with van der Waals surface area (Å²) < 4.78 is 62.7. The van der Waals surface area contributed by atoms with Gasteiger partial charge in [0.05, 0.1) is 0 Å². The van der Waals surface area contributed by atoms with Gasteiger partial charge in [-0.05, 0) is 25.0 Å². The highest BCUT2D eigenvalue weighted by molar-refractivity contribution is 5.85. The van der Waals surface area contributed by atoms with Crippen molar-refractivity contribution in [1.82, 2.24) is 0 Å². The highest BCUT2D eigenvalue weighted by Gasteiger charge is 2.61. The molecule has 0 bridgehead atoms. The van der Waals surface area contributed by atoms with E-state index in [-0.39, 0.29) is 18.0 Å². The van der Waals surface area contributed by atoms with Crippen molar-refractivity contribution in [1.29, 1.82) is 0 Å². The van der Waals surface area contributed by atoms with Crippen LogP contribution in [0.4, 0.5) is 22.0 Å². The minimum absolute atomic E-state index is 0. The molecule has 0 fully saturated rings. The quantitative estimate of drug-likeness (QED) is 0.821. The number of rotatable bonds is 2. The Bertz CT molecular complexity index is 416. The molecule has 1 atom stereocenters. The Morgan fingerprint density at radius 1 is 1.06 bits per heavy atom. The average Bonchev–Trinajstić information content (AvgIpc) is 2.19. The van der Waals surface area contributed by atoms with E-state index in [1.807, 2.05) is 0 Å². The topological polar surface area (TPSA) is 26.0 Å². The van der Waals surface area contributed by atoms with Gasteiger partial charge in [-0.1, -0.05) is 23.8 Å². The third-order valence-corrected chi connectivity index (χ3v) is 2.54. The number of aryl methyl sites for hydroxylation is 2. The van der Waals surface area contributed by atoms with Crippen LogP contribution < -0.4 is 5.73 Å². The van der Waals surface area contributed by atoms with Crippen LogP contribution in [0.15, 0.2) is 18.2 Å². The predicted octanol–water partition coefficient (Wildman–Crippen LogP) is 3.92. The highest BCUT2D eigenvalue weighted by Crippen LogP contribution is 2.43. The second kappa shape index (κ2) is 5.40. The Morgan fingerprint density at radius 2 is 1.56 bits per heavy atom. The van der Waals surface area contributed by atoms with E-state index in [0.29, 0.717) is 11.1 Å². The predicted molar refractivity (Wildman–Crippen MR) is 61.1 cm³/mol. The molecule has 18 heavy (non-hydrogen) atoms. The van der Waals surface area contributed by atoms with E-state index in [4.69, 9.17) is 5.73 Å². The molecule has 0 amide bonds. The summed E-state index contributed by atoms with van der Waals surface area (Å²) in [4.78, 5) is 0. The fraction of sp³-hybridized carbons (Fsp3) is 0.455. The van der Waals surface area contributed by atoms with Crippen molar-refractivity contribution in [2.24, 2.45) is 5.73 Å². The summed E-state index contributed by atoms with van der Waals surface area (Å²) in [7, 11) is 0. The zero-order chi connectivity index (χ0) is 13.4. The molecule has 0 radical (unpaired) electrons. The Balaban J connectivity index is 0.00000289. The van der Waals surface area contributed by atoms with Crippen LogP contribution in [-0.2, 0) is 0 Å². The minimum Gasteiger partial charge on any atom is -0.319 e. The third-order valence-electron chi connectivity index (χ3n) is 2.54. The first-order valence-electron chi connectivity index (χ1n) is 4.84. The Morgan fingerprint density at radius 3 is 2.00 bits per heavy atom. The Labute approximate surface area is 108 Å². The number of halogens is 6. The average molecular weight is 290 g/mol. The first-order valence-corrected chi connectivity index (χ1v) is 4.84. The molecule has 7 heteroatoms. The monoisotopic (exact) mass is 289 g/mol. The third kappa shape index (κ3) is 3.11. The van der Waals surface area contributed by atoms with Crippen LogP contribution in [0.1, 0.15) is 22.7 Å². The second-order valence-electron chi connectivity index (χ2n) is 3.96. The molecule has 0 saturated heterocycles. The number of benzene rings is 1. The lowest BCUT2D eigenvalue weighted by molar-refractivity contribution is -0.291. The van der Waals surface area contributed by atoms with Crippen LogP contribution in [0.25, 0.3) is 0 Å². The molecular weight excluding hydrogens is 277 g/mol. The summed E-state index contributed by atoms with van der Waals surface area (Å²) >= 11 is 0. The maximum absolute atomic E-state index is 13.1. The van der Waals surface area contributed by atoms with Crippen LogP contribution in [-0.4, -0.2) is 12.1 Å². The number of alkyl halides is 5. The van der Waals surface area contributed by atoms with Crippen molar-refractivity contribution in [2.75, 3.05) is 0 Å². The molecule has 0 spiro atoms. The van der Waals surface area contributed by atoms with Gasteiger partial charge in [0.2, 0.25) is 0 Å². The van der Waals surface area contributed by atoms with E-state index >= 15 is 0 Å². The van der Waals surface area contributed by atoms with Crippen LogP contribution in [0.5, 0.6) is 0 Å². The van der Waals surface area contributed by atoms with E-state index in [1.165, 1.54) is 19.1 Å². The lowest BCUT2D eigenvalue weighted by Crippen LogP contribution is -2.46. The molecule has 2 N–H and O–H groups in total. The van der Waals surface area contributed by atoms with Crippen LogP contribution >= 0.6 is 12.4 Å². The van der Waals surface area contributed by atoms with Crippen LogP contribution in [0, 0.1) is 13.8 Å². The normalized spacial score (nSPS) is 14.0. The molecule has 0 heterocycles. The number of hydrogen-bond donors (Lipinski definition) is 1. The molecule has 1 aromatic rings. The van der Waals surface area contributed by atoms with Gasteiger partial charge in [0.15, 0.2) is 0 Å². The fourth-order valence-electron chi connectivity index (χ4n) is 1.47. The summed E-state index contributed by atoms with van der Waals surface area (Å²) in [5.41, 5.74) is 5.77. The maximum Gasteiger partial charge on any atom is 0.455 e. The van der Waals surface area contributed by atoms with Gasteiger partial charge in [-0.15, -0.1) is 12.4 Å². The Hall–Kier alpha value is -0.880. The summed E-state index contributed by atoms with van der Waals surface area (Å²) in [6.07, 6.45) is -5.65. The van der Waals surface area contributed by atoms with Gasteiger partial charge in [0, 0.05) is 0 Å². The molecule has 1 nitrogen and oxygen atoms in total. The molecule has 0 saturated carbocycles. The fourth-order valence-corrected chi connectivity index (χ4v) is 1.47. The van der Waals surface area contributed by atoms with Crippen LogP contribution in [0.3, 0.4) is 0 Å². The lowest BCUT2D eigenvalue weighted by atomic mass is 9.95. The van der Waals surface area contributed by atoms with E-state index in [9.17, 15) is 22.0 Å². The summed E-state index contributed by atoms with van der Waals surface area (Å²) in [6, 6.07) is 1.95. The van der Waals surface area contributed by atoms with Crippen molar-refractivity contribution in [2.45, 2.75) is 32.0 Å². The zero-order valence-corrected chi connectivity index (χ0v) is 10.5. The van der Waals surface area contributed by atoms with Gasteiger partial charge in [0.1, 0.15) is 6.04 Å². The first-order chi connectivity index (χ1) is 7.57. The van der Waals surface area contributed by atoms with Gasteiger partial charge in [-0.25, -0.2) is 0 Å². The second-order valence-corrected chi connectivity index (χ2v) is 3.96. The molecule has 0 aliphatic heterocycles. The summed E-state index contributed by atoms with van der Waals surface area (Å²) in [6.45, 7) is 3.04. The lowest BCUT2D eigenvalue weighted by Gasteiger charge is -2.27. The highest BCUT2D eigenvalue weighted by atomic mass is 35.5. The van der Waals surface area contributed by atoms with E-state index in [1.54, 1.807) is 13.0 Å². The van der Waals surface area contributed by atoms with E-state index < -0.39 is 18.1 Å². The molecule has 0 aliphatic rings. The summed E-state index contributed by atoms with van der Waals surface area (Å²) in [5, 5.41) is 0. The molecule has 1 rings (SSSR count). The van der Waals surface area contributed by atoms with Crippen molar-refractivity contribution in [3.8, 4) is 0 Å². The van der Waals surface area contributed by atoms with Gasteiger partial charge < -0.3 is 5.73 Å². The SMILES string of the molecule is Cc1ccc(C)c([C@H](N)C(F)(F)C(F)(F)F)c1.Cl. The van der Waals surface area contributed by atoms with E-state index in [2.05, 4.69) is 0 Å². The van der Waals surface area contributed by atoms with Gasteiger partial charge in [0.25, 0.3) is 0 Å². The number of nitrogens with two attached hydrogens (primary N) is 1. The summed E-state index contributed by atoms with van der Waals surface area (Å²) in [5.74, 6) is -4.94. The standard InChI is InChI=1S/C11H12F5N.ClH/c1-6-3-4-7(2)8(5-6)9(17)10(12,13)11(14,15)16;/h3-5,9H,17H2,1-2H3;1H/t9-;/m0./s1. The van der Waals surface area contributed by atoms with Gasteiger partial charge >= 0.3 is 12.1 Å². The Kier molecular flexibility index (Phi) is 5.14. The maximum atomic E-state index is 13.1. The van der Waals surface area contributed by atoms with Gasteiger partial charge in [-0.3, -0.25) is 0 Å². The van der Waals surface area contributed by atoms with Gasteiger partial charge in [-0.2, -0.15) is 22.0 Å². The van der Waals surface area contributed by atoms with Crippen molar-refractivity contribution >= 4 is 12.4 Å². The molecule has 0 aromatic heterocycles. The number of hydrogen-bond acceptors (Lipinski definition) is 1. The van der Waals surface area contributed by atoms with Crippen LogP contribution in [0.2, 0.25) is 0 Å². The zero-order valence-electron chi connectivity index (χ0n) is 9.68. The minimum atomic E-state index is -5.65. The largest absolute Gasteiger partial charge is 0.455 e. The first kappa shape index (κ1) is 17.1. The molecule has 0 aliphatic carbocycles. The molecule has 0 unspecified atom stereocenters. The molecular formula is C11H13ClF5N. The van der Waals surface area contributed by atoms with Crippen molar-refractivity contribution in [3.05, 3.63) is 34.9 Å².